The zero-order chi connectivity index (χ0) is 20.7. The summed E-state index contributed by atoms with van der Waals surface area (Å²) in [4.78, 5) is 2.02. The average Bonchev–Trinajstić information content (AvgIpc) is 3.01. The standard InChI is InChI=1S/C18H20ClF3N4OS/c1-26(2)8-7-23-17(28)25-24-11-13-4-6-16(27-13)14-5-3-12(9-15(14)19)10-18(20,21)22/h3-6,9,11H,7-8,10H2,1-2H3,(H2,23,25,28)/b24-11+. The number of thiocarbonyl (C=S) groups is 1. The van der Waals surface area contributed by atoms with Crippen LogP contribution in [0.4, 0.5) is 13.2 Å². The molecule has 2 N–H and O–H groups in total. The van der Waals surface area contributed by atoms with E-state index in [4.69, 9.17) is 28.2 Å². The van der Waals surface area contributed by atoms with Crippen LogP contribution in [-0.4, -0.2) is 49.6 Å². The summed E-state index contributed by atoms with van der Waals surface area (Å²) >= 11 is 11.2. The van der Waals surface area contributed by atoms with E-state index in [0.717, 1.165) is 6.54 Å². The summed E-state index contributed by atoms with van der Waals surface area (Å²) in [5.41, 5.74) is 3.27. The molecule has 152 valence electrons. The van der Waals surface area contributed by atoms with Crippen LogP contribution in [0.1, 0.15) is 11.3 Å². The molecule has 2 aromatic rings. The molecule has 0 aliphatic heterocycles. The fourth-order valence-corrected chi connectivity index (χ4v) is 2.70. The van der Waals surface area contributed by atoms with Crippen molar-refractivity contribution in [2.24, 2.45) is 5.10 Å². The first-order valence-corrected chi connectivity index (χ1v) is 9.10. The second-order valence-electron chi connectivity index (χ2n) is 6.24. The summed E-state index contributed by atoms with van der Waals surface area (Å²) in [6.07, 6.45) is -3.87. The molecule has 1 aromatic carbocycles. The van der Waals surface area contributed by atoms with Gasteiger partial charge in [-0.3, -0.25) is 5.43 Å². The van der Waals surface area contributed by atoms with Gasteiger partial charge in [-0.1, -0.05) is 17.7 Å². The Bertz CT molecular complexity index is 836. The maximum atomic E-state index is 12.5. The number of halogens is 4. The Labute approximate surface area is 171 Å². The van der Waals surface area contributed by atoms with E-state index in [0.29, 0.717) is 28.7 Å². The van der Waals surface area contributed by atoms with Crippen molar-refractivity contribution in [3.63, 3.8) is 0 Å². The molecule has 0 fully saturated rings. The Morgan fingerprint density at radius 2 is 2.04 bits per heavy atom. The van der Waals surface area contributed by atoms with Crippen LogP contribution < -0.4 is 10.7 Å². The van der Waals surface area contributed by atoms with Crippen molar-refractivity contribution in [2.45, 2.75) is 12.6 Å². The summed E-state index contributed by atoms with van der Waals surface area (Å²) in [5.74, 6) is 0.866. The number of alkyl halides is 3. The first-order chi connectivity index (χ1) is 13.1. The van der Waals surface area contributed by atoms with Crippen molar-refractivity contribution in [2.75, 3.05) is 27.2 Å². The van der Waals surface area contributed by atoms with Crippen molar-refractivity contribution >= 4 is 35.1 Å². The van der Waals surface area contributed by atoms with Crippen LogP contribution in [0.2, 0.25) is 5.02 Å². The number of rotatable bonds is 7. The van der Waals surface area contributed by atoms with Crippen molar-refractivity contribution in [1.29, 1.82) is 0 Å². The van der Waals surface area contributed by atoms with Gasteiger partial charge < -0.3 is 14.6 Å². The molecule has 0 spiro atoms. The van der Waals surface area contributed by atoms with Gasteiger partial charge in [0, 0.05) is 18.7 Å². The van der Waals surface area contributed by atoms with Crippen LogP contribution in [0, 0.1) is 0 Å². The van der Waals surface area contributed by atoms with E-state index < -0.39 is 12.6 Å². The van der Waals surface area contributed by atoms with Gasteiger partial charge in [-0.05, 0) is 56.1 Å². The highest BCUT2D eigenvalue weighted by Crippen LogP contribution is 2.31. The van der Waals surface area contributed by atoms with Gasteiger partial charge in [0.15, 0.2) is 5.11 Å². The normalized spacial score (nSPS) is 12.0. The Kier molecular flexibility index (Phi) is 7.85. The minimum atomic E-state index is -4.28. The van der Waals surface area contributed by atoms with E-state index in [1.165, 1.54) is 24.4 Å². The number of hydrogen-bond acceptors (Lipinski definition) is 4. The molecule has 0 radical (unpaired) electrons. The zero-order valence-corrected chi connectivity index (χ0v) is 16.9. The molecule has 0 saturated carbocycles. The van der Waals surface area contributed by atoms with E-state index in [1.807, 2.05) is 19.0 Å². The Morgan fingerprint density at radius 3 is 2.68 bits per heavy atom. The molecular formula is C18H20ClF3N4OS. The molecule has 0 amide bonds. The lowest BCUT2D eigenvalue weighted by Crippen LogP contribution is -2.36. The highest BCUT2D eigenvalue weighted by molar-refractivity contribution is 7.80. The molecule has 0 atom stereocenters. The lowest BCUT2D eigenvalue weighted by atomic mass is 10.1. The van der Waals surface area contributed by atoms with Gasteiger partial charge in [-0.15, -0.1) is 0 Å². The van der Waals surface area contributed by atoms with E-state index in [2.05, 4.69) is 15.8 Å². The highest BCUT2D eigenvalue weighted by atomic mass is 35.5. The molecule has 2 rings (SSSR count). The minimum Gasteiger partial charge on any atom is -0.455 e. The zero-order valence-electron chi connectivity index (χ0n) is 15.3. The molecule has 0 saturated heterocycles. The predicted octanol–water partition coefficient (Wildman–Crippen LogP) is 4.06. The van der Waals surface area contributed by atoms with Crippen LogP contribution in [0.3, 0.4) is 0 Å². The lowest BCUT2D eigenvalue weighted by Gasteiger charge is -2.11. The molecule has 0 aliphatic rings. The second-order valence-corrected chi connectivity index (χ2v) is 7.05. The smallest absolute Gasteiger partial charge is 0.393 e. The molecule has 1 heterocycles. The van der Waals surface area contributed by atoms with Crippen molar-refractivity contribution in [3.05, 3.63) is 46.7 Å². The van der Waals surface area contributed by atoms with Crippen LogP contribution in [-0.2, 0) is 6.42 Å². The molecule has 0 unspecified atom stereocenters. The summed E-state index contributed by atoms with van der Waals surface area (Å²) in [6.45, 7) is 1.51. The number of nitrogens with zero attached hydrogens (tertiary/aromatic N) is 2. The topological polar surface area (TPSA) is 52.8 Å². The lowest BCUT2D eigenvalue weighted by molar-refractivity contribution is -0.127. The number of hydrogen-bond donors (Lipinski definition) is 2. The molecule has 5 nitrogen and oxygen atoms in total. The Morgan fingerprint density at radius 1 is 1.29 bits per heavy atom. The second kappa shape index (κ2) is 9.90. The van der Waals surface area contributed by atoms with Crippen LogP contribution in [0.25, 0.3) is 11.3 Å². The minimum absolute atomic E-state index is 0.0917. The van der Waals surface area contributed by atoms with Crippen molar-refractivity contribution in [1.82, 2.24) is 15.6 Å². The van der Waals surface area contributed by atoms with E-state index in [1.54, 1.807) is 12.1 Å². The maximum Gasteiger partial charge on any atom is 0.393 e. The van der Waals surface area contributed by atoms with E-state index in [9.17, 15) is 13.2 Å². The van der Waals surface area contributed by atoms with Gasteiger partial charge in [0.2, 0.25) is 0 Å². The van der Waals surface area contributed by atoms with Crippen LogP contribution >= 0.6 is 23.8 Å². The fraction of sp³-hybridized carbons (Fsp3) is 0.333. The average molecular weight is 433 g/mol. The van der Waals surface area contributed by atoms with E-state index in [-0.39, 0.29) is 10.6 Å². The number of likely N-dealkylation sites (N-methyl/N-ethyl adjacent to an activating group) is 1. The molecule has 0 aliphatic carbocycles. The highest BCUT2D eigenvalue weighted by Gasteiger charge is 2.27. The molecule has 28 heavy (non-hydrogen) atoms. The van der Waals surface area contributed by atoms with Gasteiger partial charge in [0.1, 0.15) is 11.5 Å². The van der Waals surface area contributed by atoms with Gasteiger partial charge in [-0.2, -0.15) is 18.3 Å². The molecule has 0 bridgehead atoms. The van der Waals surface area contributed by atoms with Gasteiger partial charge in [-0.25, -0.2) is 0 Å². The van der Waals surface area contributed by atoms with E-state index >= 15 is 0 Å². The third kappa shape index (κ3) is 7.49. The summed E-state index contributed by atoms with van der Waals surface area (Å²) in [5, 5.41) is 7.54. The maximum absolute atomic E-state index is 12.5. The fourth-order valence-electron chi connectivity index (χ4n) is 2.25. The third-order valence-electron chi connectivity index (χ3n) is 3.53. The molecular weight excluding hydrogens is 413 g/mol. The number of nitrogens with one attached hydrogen (secondary N) is 2. The summed E-state index contributed by atoms with van der Waals surface area (Å²) in [7, 11) is 3.92. The molecule has 10 heteroatoms. The first-order valence-electron chi connectivity index (χ1n) is 8.31. The van der Waals surface area contributed by atoms with Crippen molar-refractivity contribution < 1.29 is 17.6 Å². The summed E-state index contributed by atoms with van der Waals surface area (Å²) < 4.78 is 43.1. The van der Waals surface area contributed by atoms with Crippen LogP contribution in [0.5, 0.6) is 0 Å². The molecule has 1 aromatic heterocycles. The van der Waals surface area contributed by atoms with Gasteiger partial charge >= 0.3 is 6.18 Å². The van der Waals surface area contributed by atoms with Crippen LogP contribution in [0.15, 0.2) is 39.9 Å². The first kappa shape index (κ1) is 22.2. The van der Waals surface area contributed by atoms with Gasteiger partial charge in [0.05, 0.1) is 17.7 Å². The Hall–Kier alpha value is -2.10. The number of furan rings is 1. The quantitative estimate of drug-likeness (QED) is 0.392. The SMILES string of the molecule is CN(C)CCNC(=S)N/N=C/c1ccc(-c2ccc(CC(F)(F)F)cc2Cl)o1. The Balaban J connectivity index is 1.95. The predicted molar refractivity (Wildman–Crippen MR) is 109 cm³/mol. The largest absolute Gasteiger partial charge is 0.455 e. The van der Waals surface area contributed by atoms with Gasteiger partial charge in [0.25, 0.3) is 0 Å². The monoisotopic (exact) mass is 432 g/mol. The summed E-state index contributed by atoms with van der Waals surface area (Å²) in [6, 6.07) is 7.51. The number of hydrazone groups is 1. The third-order valence-corrected chi connectivity index (χ3v) is 4.08. The number of benzene rings is 1. The van der Waals surface area contributed by atoms with Crippen molar-refractivity contribution in [3.8, 4) is 11.3 Å².